The lowest BCUT2D eigenvalue weighted by molar-refractivity contribution is -0.118. The van der Waals surface area contributed by atoms with E-state index in [9.17, 15) is 13.2 Å². The van der Waals surface area contributed by atoms with Gasteiger partial charge in [0.1, 0.15) is 11.9 Å². The molecule has 0 spiro atoms. The predicted octanol–water partition coefficient (Wildman–Crippen LogP) is 3.03. The molecule has 1 unspecified atom stereocenters. The molecule has 2 N–H and O–H groups in total. The monoisotopic (exact) mass is 375 g/mol. The van der Waals surface area contributed by atoms with E-state index in [1.807, 2.05) is 33.8 Å². The molecule has 0 bridgehead atoms. The third kappa shape index (κ3) is 5.64. The lowest BCUT2D eigenvalue weighted by atomic mass is 10.0. The summed E-state index contributed by atoms with van der Waals surface area (Å²) in [5, 5.41) is 2.69. The van der Waals surface area contributed by atoms with Crippen LogP contribution in [0.3, 0.4) is 0 Å². The largest absolute Gasteiger partial charge is 0.309 e. The Kier molecular flexibility index (Phi) is 6.50. The molecule has 7 heteroatoms. The molecule has 1 atom stereocenters. The molecule has 140 valence electrons. The molecule has 2 aromatic rings. The number of nitrogens with zero attached hydrogens (tertiary/aromatic N) is 1. The average Bonchev–Trinajstić information content (AvgIpc) is 2.54. The summed E-state index contributed by atoms with van der Waals surface area (Å²) in [6, 6.07) is 10.9. The van der Waals surface area contributed by atoms with Gasteiger partial charge in [0, 0.05) is 5.69 Å². The normalized spacial score (nSPS) is 12.8. The van der Waals surface area contributed by atoms with Gasteiger partial charge >= 0.3 is 0 Å². The topological polar surface area (TPSA) is 88.2 Å². The Morgan fingerprint density at radius 3 is 2.31 bits per heavy atom. The van der Waals surface area contributed by atoms with Crippen LogP contribution < -0.4 is 10.0 Å². The summed E-state index contributed by atoms with van der Waals surface area (Å²) in [6.45, 7) is 7.58. The summed E-state index contributed by atoms with van der Waals surface area (Å²) in [5.41, 5.74) is 1.73. The van der Waals surface area contributed by atoms with Gasteiger partial charge in [-0.25, -0.2) is 13.4 Å². The molecule has 26 heavy (non-hydrogen) atoms. The highest BCUT2D eigenvalue weighted by Crippen LogP contribution is 2.15. The van der Waals surface area contributed by atoms with Crippen molar-refractivity contribution >= 4 is 21.7 Å². The molecule has 6 nitrogen and oxygen atoms in total. The van der Waals surface area contributed by atoms with Crippen molar-refractivity contribution < 1.29 is 13.2 Å². The van der Waals surface area contributed by atoms with E-state index >= 15 is 0 Å². The van der Waals surface area contributed by atoms with Crippen LogP contribution in [-0.2, 0) is 14.8 Å². The van der Waals surface area contributed by atoms with Crippen molar-refractivity contribution in [3.8, 4) is 0 Å². The Morgan fingerprint density at radius 1 is 1.08 bits per heavy atom. The number of anilines is 1. The minimum atomic E-state index is -3.80. The maximum atomic E-state index is 12.6. The van der Waals surface area contributed by atoms with Crippen LogP contribution >= 0.6 is 0 Å². The smallest absolute Gasteiger partial charge is 0.243 e. The summed E-state index contributed by atoms with van der Waals surface area (Å²) < 4.78 is 27.8. The molecule has 0 aliphatic heterocycles. The summed E-state index contributed by atoms with van der Waals surface area (Å²) in [4.78, 5) is 17.0. The molecule has 0 saturated carbocycles. The van der Waals surface area contributed by atoms with Gasteiger partial charge in [0.15, 0.2) is 0 Å². The SMILES string of the molecule is Cc1ccc(S(=O)(=O)NC(CC(C)C)C(=O)Nc2cccc(C)n2)cc1. The molecule has 1 aromatic carbocycles. The molecule has 2 rings (SSSR count). The second kappa shape index (κ2) is 8.42. The van der Waals surface area contributed by atoms with Crippen LogP contribution in [0.15, 0.2) is 47.4 Å². The number of aryl methyl sites for hydroxylation is 2. The molecule has 0 aliphatic rings. The van der Waals surface area contributed by atoms with Crippen molar-refractivity contribution in [1.29, 1.82) is 0 Å². The fraction of sp³-hybridized carbons (Fsp3) is 0.368. The van der Waals surface area contributed by atoms with E-state index in [-0.39, 0.29) is 10.8 Å². The van der Waals surface area contributed by atoms with Crippen molar-refractivity contribution in [3.05, 3.63) is 53.7 Å². The number of rotatable bonds is 7. The third-order valence-corrected chi connectivity index (χ3v) is 5.28. The van der Waals surface area contributed by atoms with E-state index in [1.54, 1.807) is 24.3 Å². The number of nitrogens with one attached hydrogen (secondary N) is 2. The van der Waals surface area contributed by atoms with Gasteiger partial charge in [0.2, 0.25) is 15.9 Å². The van der Waals surface area contributed by atoms with Crippen LogP contribution in [0.5, 0.6) is 0 Å². The number of carbonyl (C=O) groups excluding carboxylic acids is 1. The number of sulfonamides is 1. The van der Waals surface area contributed by atoms with Gasteiger partial charge in [-0.1, -0.05) is 37.6 Å². The van der Waals surface area contributed by atoms with Gasteiger partial charge in [-0.2, -0.15) is 4.72 Å². The van der Waals surface area contributed by atoms with Crippen molar-refractivity contribution in [2.24, 2.45) is 5.92 Å². The number of benzene rings is 1. The van der Waals surface area contributed by atoms with E-state index in [1.165, 1.54) is 12.1 Å². The van der Waals surface area contributed by atoms with Gasteiger partial charge in [-0.3, -0.25) is 4.79 Å². The first-order valence-corrected chi connectivity index (χ1v) is 9.99. The third-order valence-electron chi connectivity index (χ3n) is 3.79. The fourth-order valence-corrected chi connectivity index (χ4v) is 3.69. The van der Waals surface area contributed by atoms with Gasteiger partial charge in [0.25, 0.3) is 0 Å². The molecular formula is C19H25N3O3S. The molecule has 0 saturated heterocycles. The van der Waals surface area contributed by atoms with Crippen LogP contribution in [0.25, 0.3) is 0 Å². The van der Waals surface area contributed by atoms with E-state index < -0.39 is 22.0 Å². The Morgan fingerprint density at radius 2 is 1.73 bits per heavy atom. The number of pyridine rings is 1. The Bertz CT molecular complexity index is 862. The highest BCUT2D eigenvalue weighted by Gasteiger charge is 2.26. The quantitative estimate of drug-likeness (QED) is 0.778. The Balaban J connectivity index is 2.20. The van der Waals surface area contributed by atoms with E-state index in [4.69, 9.17) is 0 Å². The summed E-state index contributed by atoms with van der Waals surface area (Å²) in [6.07, 6.45) is 0.378. The zero-order valence-electron chi connectivity index (χ0n) is 15.5. The van der Waals surface area contributed by atoms with Gasteiger partial charge in [-0.05, 0) is 50.5 Å². The van der Waals surface area contributed by atoms with Crippen LogP contribution in [0.4, 0.5) is 5.82 Å². The zero-order valence-corrected chi connectivity index (χ0v) is 16.3. The Hall–Kier alpha value is -2.25. The van der Waals surface area contributed by atoms with E-state index in [0.717, 1.165) is 11.3 Å². The summed E-state index contributed by atoms with van der Waals surface area (Å²) >= 11 is 0. The minimum absolute atomic E-state index is 0.136. The molecular weight excluding hydrogens is 350 g/mol. The maximum Gasteiger partial charge on any atom is 0.243 e. The van der Waals surface area contributed by atoms with Crippen molar-refractivity contribution in [1.82, 2.24) is 9.71 Å². The van der Waals surface area contributed by atoms with Crippen LogP contribution in [-0.4, -0.2) is 25.4 Å². The molecule has 0 radical (unpaired) electrons. The van der Waals surface area contributed by atoms with Gasteiger partial charge < -0.3 is 5.32 Å². The first-order chi connectivity index (χ1) is 12.2. The fourth-order valence-electron chi connectivity index (χ4n) is 2.48. The highest BCUT2D eigenvalue weighted by molar-refractivity contribution is 7.89. The lowest BCUT2D eigenvalue weighted by Crippen LogP contribution is -2.44. The lowest BCUT2D eigenvalue weighted by Gasteiger charge is -2.20. The first kappa shape index (κ1) is 20.1. The number of hydrogen-bond acceptors (Lipinski definition) is 4. The number of carbonyl (C=O) groups is 1. The van der Waals surface area contributed by atoms with Crippen LogP contribution in [0.2, 0.25) is 0 Å². The van der Waals surface area contributed by atoms with Crippen molar-refractivity contribution in [2.45, 2.75) is 45.1 Å². The molecule has 0 aliphatic carbocycles. The zero-order chi connectivity index (χ0) is 19.3. The predicted molar refractivity (Wildman–Crippen MR) is 102 cm³/mol. The van der Waals surface area contributed by atoms with Gasteiger partial charge in [0.05, 0.1) is 4.90 Å². The molecule has 1 amide bonds. The second-order valence-corrected chi connectivity index (χ2v) is 8.48. The highest BCUT2D eigenvalue weighted by atomic mass is 32.2. The average molecular weight is 375 g/mol. The molecule has 0 fully saturated rings. The van der Waals surface area contributed by atoms with Gasteiger partial charge in [-0.15, -0.1) is 0 Å². The minimum Gasteiger partial charge on any atom is -0.309 e. The second-order valence-electron chi connectivity index (χ2n) is 6.77. The Labute approximate surface area is 155 Å². The molecule has 1 aromatic heterocycles. The number of aromatic nitrogens is 1. The standard InChI is InChI=1S/C19H25N3O3S/c1-13(2)12-17(19(23)21-18-7-5-6-15(4)20-18)22-26(24,25)16-10-8-14(3)9-11-16/h5-11,13,17,22H,12H2,1-4H3,(H,20,21,23). The first-order valence-electron chi connectivity index (χ1n) is 8.51. The summed E-state index contributed by atoms with van der Waals surface area (Å²) in [7, 11) is -3.80. The van der Waals surface area contributed by atoms with Crippen molar-refractivity contribution in [2.75, 3.05) is 5.32 Å². The number of hydrogen-bond donors (Lipinski definition) is 2. The van der Waals surface area contributed by atoms with Crippen molar-refractivity contribution in [3.63, 3.8) is 0 Å². The summed E-state index contributed by atoms with van der Waals surface area (Å²) in [5.74, 6) is 0.114. The van der Waals surface area contributed by atoms with E-state index in [0.29, 0.717) is 12.2 Å². The van der Waals surface area contributed by atoms with E-state index in [2.05, 4.69) is 15.0 Å². The van der Waals surface area contributed by atoms with Crippen LogP contribution in [0.1, 0.15) is 31.5 Å². The number of amides is 1. The van der Waals surface area contributed by atoms with Crippen LogP contribution in [0, 0.1) is 19.8 Å². The molecule has 1 heterocycles. The maximum absolute atomic E-state index is 12.6.